The van der Waals surface area contributed by atoms with Gasteiger partial charge in [0.05, 0.1) is 18.3 Å². The number of carbonyl (C=O) groups is 1. The van der Waals surface area contributed by atoms with Crippen LogP contribution in [0.25, 0.3) is 0 Å². The molecule has 1 rings (SSSR count). The van der Waals surface area contributed by atoms with E-state index in [2.05, 4.69) is 26.1 Å². The van der Waals surface area contributed by atoms with E-state index in [0.29, 0.717) is 19.1 Å². The van der Waals surface area contributed by atoms with Gasteiger partial charge in [-0.05, 0) is 32.6 Å². The van der Waals surface area contributed by atoms with Gasteiger partial charge >= 0.3 is 0 Å². The molecular weight excluding hydrogens is 252 g/mol. The van der Waals surface area contributed by atoms with E-state index >= 15 is 0 Å². The lowest BCUT2D eigenvalue weighted by Crippen LogP contribution is -2.42. The fourth-order valence-corrected chi connectivity index (χ4v) is 2.84. The summed E-state index contributed by atoms with van der Waals surface area (Å²) in [6.45, 7) is 12.0. The van der Waals surface area contributed by atoms with E-state index in [1.807, 2.05) is 18.7 Å². The topological polar surface area (TPSA) is 41.6 Å². The molecule has 3 unspecified atom stereocenters. The number of carbonyl (C=O) groups excluding carboxylic acids is 1. The maximum absolute atomic E-state index is 12.6. The smallest absolute Gasteiger partial charge is 0.241 e. The van der Waals surface area contributed by atoms with Crippen LogP contribution in [0, 0.1) is 5.92 Å². The molecule has 1 aliphatic rings. The third-order valence-corrected chi connectivity index (χ3v) is 3.80. The number of rotatable bonds is 9. The molecule has 4 nitrogen and oxygen atoms in total. The number of amides is 1. The van der Waals surface area contributed by atoms with Gasteiger partial charge in [0, 0.05) is 13.2 Å². The largest absolute Gasteiger partial charge is 0.377 e. The molecule has 1 fully saturated rings. The van der Waals surface area contributed by atoms with E-state index in [0.717, 1.165) is 25.7 Å². The Morgan fingerprint density at radius 1 is 1.30 bits per heavy atom. The lowest BCUT2D eigenvalue weighted by molar-refractivity contribution is -0.132. The summed E-state index contributed by atoms with van der Waals surface area (Å²) < 4.78 is 5.60. The molecule has 0 bridgehead atoms. The third kappa shape index (κ3) is 5.06. The second kappa shape index (κ2) is 8.63. The molecule has 0 saturated carbocycles. The average molecular weight is 284 g/mol. The van der Waals surface area contributed by atoms with Crippen LogP contribution in [0.15, 0.2) is 0 Å². The number of hydrogen-bond donors (Lipinski definition) is 1. The van der Waals surface area contributed by atoms with E-state index in [9.17, 15) is 4.79 Å². The molecule has 0 aromatic heterocycles. The minimum atomic E-state index is 0.00697. The van der Waals surface area contributed by atoms with Gasteiger partial charge in [0.1, 0.15) is 0 Å². The van der Waals surface area contributed by atoms with Crippen molar-refractivity contribution >= 4 is 5.91 Å². The van der Waals surface area contributed by atoms with Gasteiger partial charge < -0.3 is 9.64 Å². The molecule has 1 N–H and O–H groups in total. The highest BCUT2D eigenvalue weighted by molar-refractivity contribution is 5.84. The lowest BCUT2D eigenvalue weighted by Gasteiger charge is -2.28. The Hall–Kier alpha value is -0.610. The maximum atomic E-state index is 12.6. The molecule has 0 aromatic carbocycles. The SMILES string of the molecule is CCCCC1NC(CC(C)C)N(CC(C)OCC)C1=O. The van der Waals surface area contributed by atoms with Crippen LogP contribution < -0.4 is 5.32 Å². The predicted octanol–water partition coefficient (Wildman–Crippen LogP) is 2.77. The fraction of sp³-hybridized carbons (Fsp3) is 0.938. The summed E-state index contributed by atoms with van der Waals surface area (Å²) >= 11 is 0. The summed E-state index contributed by atoms with van der Waals surface area (Å²) in [5.41, 5.74) is 0. The van der Waals surface area contributed by atoms with Crippen molar-refractivity contribution in [2.45, 2.75) is 78.6 Å². The third-order valence-electron chi connectivity index (χ3n) is 3.80. The second-order valence-electron chi connectivity index (χ2n) is 6.26. The van der Waals surface area contributed by atoms with Gasteiger partial charge in [-0.15, -0.1) is 0 Å². The number of nitrogens with one attached hydrogen (secondary N) is 1. The summed E-state index contributed by atoms with van der Waals surface area (Å²) in [6.07, 6.45) is 4.47. The Kier molecular flexibility index (Phi) is 7.52. The average Bonchev–Trinajstić information content (AvgIpc) is 2.64. The zero-order chi connectivity index (χ0) is 15.1. The van der Waals surface area contributed by atoms with E-state index in [-0.39, 0.29) is 24.2 Å². The van der Waals surface area contributed by atoms with Crippen molar-refractivity contribution in [3.05, 3.63) is 0 Å². The van der Waals surface area contributed by atoms with E-state index in [4.69, 9.17) is 4.74 Å². The number of unbranched alkanes of at least 4 members (excludes halogenated alkanes) is 1. The Morgan fingerprint density at radius 2 is 2.00 bits per heavy atom. The highest BCUT2D eigenvalue weighted by atomic mass is 16.5. The fourth-order valence-electron chi connectivity index (χ4n) is 2.84. The maximum Gasteiger partial charge on any atom is 0.241 e. The second-order valence-corrected chi connectivity index (χ2v) is 6.26. The van der Waals surface area contributed by atoms with Gasteiger partial charge in [-0.2, -0.15) is 0 Å². The molecular formula is C16H32N2O2. The first-order valence-electron chi connectivity index (χ1n) is 8.17. The van der Waals surface area contributed by atoms with Crippen LogP contribution in [0.2, 0.25) is 0 Å². The van der Waals surface area contributed by atoms with Crippen LogP contribution in [-0.2, 0) is 9.53 Å². The van der Waals surface area contributed by atoms with Crippen molar-refractivity contribution in [3.8, 4) is 0 Å². The zero-order valence-corrected chi connectivity index (χ0v) is 13.8. The van der Waals surface area contributed by atoms with Crippen molar-refractivity contribution < 1.29 is 9.53 Å². The Bertz CT molecular complexity index is 294. The Morgan fingerprint density at radius 3 is 2.55 bits per heavy atom. The molecule has 0 aliphatic carbocycles. The van der Waals surface area contributed by atoms with Gasteiger partial charge in [-0.1, -0.05) is 33.6 Å². The highest BCUT2D eigenvalue weighted by Gasteiger charge is 2.38. The normalized spacial score (nSPS) is 24.7. The Balaban J connectivity index is 2.66. The number of hydrogen-bond acceptors (Lipinski definition) is 3. The van der Waals surface area contributed by atoms with Crippen molar-refractivity contribution in [2.75, 3.05) is 13.2 Å². The van der Waals surface area contributed by atoms with Crippen LogP contribution in [0.1, 0.15) is 60.3 Å². The molecule has 1 aliphatic heterocycles. The summed E-state index contributed by atoms with van der Waals surface area (Å²) in [5, 5.41) is 3.53. The molecule has 3 atom stereocenters. The number of nitrogens with zero attached hydrogens (tertiary/aromatic N) is 1. The van der Waals surface area contributed by atoms with Crippen LogP contribution in [0.3, 0.4) is 0 Å². The van der Waals surface area contributed by atoms with Gasteiger partial charge in [-0.3, -0.25) is 10.1 Å². The summed E-state index contributed by atoms with van der Waals surface area (Å²) in [5.74, 6) is 0.839. The first kappa shape index (κ1) is 17.4. The molecule has 1 heterocycles. The molecule has 20 heavy (non-hydrogen) atoms. The molecule has 118 valence electrons. The minimum absolute atomic E-state index is 0.00697. The van der Waals surface area contributed by atoms with Crippen molar-refractivity contribution in [1.82, 2.24) is 10.2 Å². The monoisotopic (exact) mass is 284 g/mol. The van der Waals surface area contributed by atoms with Gasteiger partial charge in [0.15, 0.2) is 0 Å². The van der Waals surface area contributed by atoms with Crippen LogP contribution in [0.4, 0.5) is 0 Å². The molecule has 0 aromatic rings. The van der Waals surface area contributed by atoms with Crippen molar-refractivity contribution in [1.29, 1.82) is 0 Å². The quantitative estimate of drug-likeness (QED) is 0.708. The minimum Gasteiger partial charge on any atom is -0.377 e. The molecule has 4 heteroatoms. The van der Waals surface area contributed by atoms with Gasteiger partial charge in [-0.25, -0.2) is 0 Å². The lowest BCUT2D eigenvalue weighted by atomic mass is 10.1. The van der Waals surface area contributed by atoms with Crippen molar-refractivity contribution in [3.63, 3.8) is 0 Å². The van der Waals surface area contributed by atoms with Gasteiger partial charge in [0.25, 0.3) is 0 Å². The molecule has 1 amide bonds. The van der Waals surface area contributed by atoms with E-state index in [1.54, 1.807) is 0 Å². The standard InChI is InChI=1S/C16H32N2O2/c1-6-8-9-14-16(19)18(11-13(5)20-7-2)15(17-14)10-12(3)4/h12-15,17H,6-11H2,1-5H3. The van der Waals surface area contributed by atoms with Crippen LogP contribution in [-0.4, -0.2) is 42.3 Å². The first-order valence-corrected chi connectivity index (χ1v) is 8.17. The van der Waals surface area contributed by atoms with E-state index < -0.39 is 0 Å². The van der Waals surface area contributed by atoms with Crippen LogP contribution >= 0.6 is 0 Å². The summed E-state index contributed by atoms with van der Waals surface area (Å²) in [6, 6.07) is 0.00697. The predicted molar refractivity (Wildman–Crippen MR) is 82.5 cm³/mol. The Labute approximate surface area is 124 Å². The first-order chi connectivity index (χ1) is 9.49. The van der Waals surface area contributed by atoms with E-state index in [1.165, 1.54) is 0 Å². The summed E-state index contributed by atoms with van der Waals surface area (Å²) in [7, 11) is 0. The zero-order valence-electron chi connectivity index (χ0n) is 13.8. The van der Waals surface area contributed by atoms with Gasteiger partial charge in [0.2, 0.25) is 5.91 Å². The summed E-state index contributed by atoms with van der Waals surface area (Å²) in [4.78, 5) is 14.6. The molecule has 0 spiro atoms. The highest BCUT2D eigenvalue weighted by Crippen LogP contribution is 2.21. The van der Waals surface area contributed by atoms with Crippen molar-refractivity contribution in [2.24, 2.45) is 5.92 Å². The van der Waals surface area contributed by atoms with Crippen LogP contribution in [0.5, 0.6) is 0 Å². The number of ether oxygens (including phenoxy) is 1. The molecule has 1 saturated heterocycles. The molecule has 0 radical (unpaired) electrons.